The molecule has 0 rings (SSSR count). The van der Waals surface area contributed by atoms with E-state index in [2.05, 4.69) is 0 Å². The third-order valence-corrected chi connectivity index (χ3v) is 2.23. The molecular formula is C13H24N2O4. The molecule has 0 aliphatic rings. The molecule has 0 aliphatic carbocycles. The van der Waals surface area contributed by atoms with E-state index in [0.717, 1.165) is 0 Å². The highest BCUT2D eigenvalue weighted by molar-refractivity contribution is 5.86. The molecular weight excluding hydrogens is 248 g/mol. The van der Waals surface area contributed by atoms with Gasteiger partial charge in [0.2, 0.25) is 11.8 Å². The SMILES string of the molecule is CC(C)N(CC(N)=O)C(=O)CCC(=O)OC(C)(C)C. The van der Waals surface area contributed by atoms with E-state index in [-0.39, 0.29) is 31.3 Å². The third kappa shape index (κ3) is 8.18. The first kappa shape index (κ1) is 17.4. The number of nitrogens with zero attached hydrogens (tertiary/aromatic N) is 1. The minimum atomic E-state index is -0.570. The number of carbonyl (C=O) groups is 3. The number of carbonyl (C=O) groups excluding carboxylic acids is 3. The van der Waals surface area contributed by atoms with Gasteiger partial charge in [-0.2, -0.15) is 0 Å². The first-order valence-electron chi connectivity index (χ1n) is 6.32. The maximum atomic E-state index is 11.9. The molecule has 0 saturated carbocycles. The number of esters is 1. The Morgan fingerprint density at radius 1 is 1.16 bits per heavy atom. The molecule has 110 valence electrons. The molecule has 0 aromatic heterocycles. The number of rotatable bonds is 6. The summed E-state index contributed by atoms with van der Waals surface area (Å²) in [5, 5.41) is 0. The van der Waals surface area contributed by atoms with Crippen molar-refractivity contribution in [3.63, 3.8) is 0 Å². The monoisotopic (exact) mass is 272 g/mol. The molecule has 0 unspecified atom stereocenters. The fourth-order valence-corrected chi connectivity index (χ4v) is 1.47. The second-order valence-corrected chi connectivity index (χ2v) is 5.67. The Hall–Kier alpha value is -1.59. The summed E-state index contributed by atoms with van der Waals surface area (Å²) in [6, 6.07) is -0.140. The van der Waals surface area contributed by atoms with Crippen LogP contribution in [0, 0.1) is 0 Å². The summed E-state index contributed by atoms with van der Waals surface area (Å²) in [7, 11) is 0. The van der Waals surface area contributed by atoms with Gasteiger partial charge in [-0.15, -0.1) is 0 Å². The molecule has 0 heterocycles. The van der Waals surface area contributed by atoms with Crippen molar-refractivity contribution in [2.75, 3.05) is 6.54 Å². The van der Waals surface area contributed by atoms with Crippen LogP contribution in [0.4, 0.5) is 0 Å². The second kappa shape index (κ2) is 7.11. The molecule has 6 nitrogen and oxygen atoms in total. The average Bonchev–Trinajstić information content (AvgIpc) is 2.19. The van der Waals surface area contributed by atoms with Gasteiger partial charge < -0.3 is 15.4 Å². The van der Waals surface area contributed by atoms with Crippen LogP contribution in [0.1, 0.15) is 47.5 Å². The van der Waals surface area contributed by atoms with Gasteiger partial charge in [0, 0.05) is 12.5 Å². The van der Waals surface area contributed by atoms with E-state index >= 15 is 0 Å². The van der Waals surface area contributed by atoms with Crippen molar-refractivity contribution in [2.45, 2.75) is 59.1 Å². The number of amides is 2. The molecule has 0 spiro atoms. The van der Waals surface area contributed by atoms with E-state index in [0.29, 0.717) is 0 Å². The van der Waals surface area contributed by atoms with Crippen LogP contribution >= 0.6 is 0 Å². The molecule has 6 heteroatoms. The lowest BCUT2D eigenvalue weighted by Gasteiger charge is -2.25. The van der Waals surface area contributed by atoms with Crippen LogP contribution in [0.3, 0.4) is 0 Å². The van der Waals surface area contributed by atoms with Crippen molar-refractivity contribution < 1.29 is 19.1 Å². The summed E-state index contributed by atoms with van der Waals surface area (Å²) in [6.45, 7) is 8.73. The number of hydrogen-bond acceptors (Lipinski definition) is 4. The summed E-state index contributed by atoms with van der Waals surface area (Å²) in [4.78, 5) is 35.6. The highest BCUT2D eigenvalue weighted by Crippen LogP contribution is 2.10. The molecule has 0 bridgehead atoms. The van der Waals surface area contributed by atoms with Crippen molar-refractivity contribution in [1.82, 2.24) is 4.90 Å². The summed E-state index contributed by atoms with van der Waals surface area (Å²) >= 11 is 0. The smallest absolute Gasteiger partial charge is 0.306 e. The molecule has 0 aliphatic heterocycles. The molecule has 0 saturated heterocycles. The zero-order chi connectivity index (χ0) is 15.2. The van der Waals surface area contributed by atoms with Crippen molar-refractivity contribution in [3.8, 4) is 0 Å². The minimum absolute atomic E-state index is 0.00190. The Kier molecular flexibility index (Phi) is 6.52. The van der Waals surface area contributed by atoms with Gasteiger partial charge in [0.25, 0.3) is 0 Å². The quantitative estimate of drug-likeness (QED) is 0.725. The molecule has 2 amide bonds. The molecule has 0 atom stereocenters. The van der Waals surface area contributed by atoms with E-state index in [9.17, 15) is 14.4 Å². The number of nitrogens with two attached hydrogens (primary N) is 1. The Labute approximate surface area is 114 Å². The zero-order valence-corrected chi connectivity index (χ0v) is 12.4. The zero-order valence-electron chi connectivity index (χ0n) is 12.4. The highest BCUT2D eigenvalue weighted by Gasteiger charge is 2.21. The van der Waals surface area contributed by atoms with E-state index in [1.54, 1.807) is 34.6 Å². The number of primary amides is 1. The largest absolute Gasteiger partial charge is 0.460 e. The van der Waals surface area contributed by atoms with Gasteiger partial charge in [0.05, 0.1) is 13.0 Å². The Balaban J connectivity index is 4.34. The Bertz CT molecular complexity index is 345. The van der Waals surface area contributed by atoms with Crippen LogP contribution in [0.5, 0.6) is 0 Å². The molecule has 0 radical (unpaired) electrons. The van der Waals surface area contributed by atoms with E-state index in [4.69, 9.17) is 10.5 Å². The van der Waals surface area contributed by atoms with Crippen LogP contribution in [0.2, 0.25) is 0 Å². The first-order chi connectivity index (χ1) is 8.53. The summed E-state index contributed by atoms with van der Waals surface area (Å²) in [5.74, 6) is -1.28. The van der Waals surface area contributed by atoms with Crippen molar-refractivity contribution in [1.29, 1.82) is 0 Å². The van der Waals surface area contributed by atoms with Crippen LogP contribution in [-0.2, 0) is 19.1 Å². The van der Waals surface area contributed by atoms with Crippen LogP contribution in [0.15, 0.2) is 0 Å². The van der Waals surface area contributed by atoms with Crippen LogP contribution in [0.25, 0.3) is 0 Å². The highest BCUT2D eigenvalue weighted by atomic mass is 16.6. The van der Waals surface area contributed by atoms with Gasteiger partial charge in [-0.3, -0.25) is 14.4 Å². The Morgan fingerprint density at radius 2 is 1.68 bits per heavy atom. The summed E-state index contributed by atoms with van der Waals surface area (Å²) in [6.07, 6.45) is 0.0124. The summed E-state index contributed by atoms with van der Waals surface area (Å²) < 4.78 is 5.11. The van der Waals surface area contributed by atoms with Gasteiger partial charge in [-0.25, -0.2) is 0 Å². The van der Waals surface area contributed by atoms with Crippen molar-refractivity contribution in [2.24, 2.45) is 5.73 Å². The first-order valence-corrected chi connectivity index (χ1v) is 6.32. The lowest BCUT2D eigenvalue weighted by atomic mass is 10.2. The fraction of sp³-hybridized carbons (Fsp3) is 0.769. The number of ether oxygens (including phenoxy) is 1. The van der Waals surface area contributed by atoms with Gasteiger partial charge >= 0.3 is 5.97 Å². The molecule has 2 N–H and O–H groups in total. The topological polar surface area (TPSA) is 89.7 Å². The van der Waals surface area contributed by atoms with Crippen molar-refractivity contribution >= 4 is 17.8 Å². The average molecular weight is 272 g/mol. The van der Waals surface area contributed by atoms with E-state index in [1.165, 1.54) is 4.90 Å². The predicted octanol–water partition coefficient (Wildman–Crippen LogP) is 0.831. The maximum absolute atomic E-state index is 11.9. The molecule has 0 aromatic carbocycles. The number of hydrogen-bond donors (Lipinski definition) is 1. The summed E-state index contributed by atoms with van der Waals surface area (Å²) in [5.41, 5.74) is 4.52. The Morgan fingerprint density at radius 3 is 2.05 bits per heavy atom. The lowest BCUT2D eigenvalue weighted by molar-refractivity contribution is -0.156. The van der Waals surface area contributed by atoms with Crippen LogP contribution in [-0.4, -0.2) is 40.9 Å². The lowest BCUT2D eigenvalue weighted by Crippen LogP contribution is -2.42. The van der Waals surface area contributed by atoms with Gasteiger partial charge in [0.15, 0.2) is 0 Å². The fourth-order valence-electron chi connectivity index (χ4n) is 1.47. The van der Waals surface area contributed by atoms with Crippen molar-refractivity contribution in [3.05, 3.63) is 0 Å². The van der Waals surface area contributed by atoms with Gasteiger partial charge in [-0.1, -0.05) is 0 Å². The molecule has 0 aromatic rings. The van der Waals surface area contributed by atoms with Gasteiger partial charge in [-0.05, 0) is 34.6 Å². The predicted molar refractivity (Wildman–Crippen MR) is 71.1 cm³/mol. The molecule has 19 heavy (non-hydrogen) atoms. The van der Waals surface area contributed by atoms with E-state index in [1.807, 2.05) is 0 Å². The second-order valence-electron chi connectivity index (χ2n) is 5.67. The van der Waals surface area contributed by atoms with Gasteiger partial charge in [0.1, 0.15) is 5.60 Å². The normalized spacial score (nSPS) is 11.3. The minimum Gasteiger partial charge on any atom is -0.460 e. The third-order valence-electron chi connectivity index (χ3n) is 2.23. The molecule has 0 fully saturated rings. The van der Waals surface area contributed by atoms with Crippen LogP contribution < -0.4 is 5.73 Å². The standard InChI is InChI=1S/C13H24N2O4/c1-9(2)15(8-10(14)16)11(17)6-7-12(18)19-13(3,4)5/h9H,6-8H2,1-5H3,(H2,14,16). The maximum Gasteiger partial charge on any atom is 0.306 e. The van der Waals surface area contributed by atoms with E-state index < -0.39 is 17.5 Å².